The van der Waals surface area contributed by atoms with E-state index < -0.39 is 5.97 Å². The van der Waals surface area contributed by atoms with Gasteiger partial charge in [0.1, 0.15) is 0 Å². The lowest BCUT2D eigenvalue weighted by Crippen LogP contribution is -2.08. The minimum Gasteiger partial charge on any atom is -0.355 e. The normalized spacial score (nSPS) is 10.8. The van der Waals surface area contributed by atoms with E-state index in [0.717, 1.165) is 28.6 Å². The van der Waals surface area contributed by atoms with E-state index >= 15 is 0 Å². The summed E-state index contributed by atoms with van der Waals surface area (Å²) in [6.07, 6.45) is 0.789. The summed E-state index contributed by atoms with van der Waals surface area (Å²) in [7, 11) is 0. The van der Waals surface area contributed by atoms with Gasteiger partial charge in [-0.2, -0.15) is 4.89 Å². The lowest BCUT2D eigenvalue weighted by atomic mass is 10.0. The Morgan fingerprint density at radius 2 is 1.86 bits per heavy atom. The average molecular weight is 295 g/mol. The van der Waals surface area contributed by atoms with Crippen LogP contribution in [0.15, 0.2) is 54.6 Å². The van der Waals surface area contributed by atoms with E-state index in [9.17, 15) is 4.79 Å². The van der Waals surface area contributed by atoms with Crippen LogP contribution in [0.3, 0.4) is 0 Å². The van der Waals surface area contributed by atoms with E-state index in [1.54, 1.807) is 6.07 Å². The monoisotopic (exact) mass is 295 g/mol. The van der Waals surface area contributed by atoms with Gasteiger partial charge in [-0.3, -0.25) is 4.89 Å². The Morgan fingerprint density at radius 3 is 2.68 bits per heavy atom. The number of carbonyl (C=O) groups excluding carboxylic acids is 1. The third-order valence-corrected chi connectivity index (χ3v) is 3.39. The molecule has 0 aliphatic rings. The molecule has 0 aliphatic heterocycles. The molecule has 0 atom stereocenters. The molecule has 3 aromatic rings. The molecule has 4 nitrogen and oxygen atoms in total. The molecule has 2 aromatic carbocycles. The molecule has 1 aromatic heterocycles. The van der Waals surface area contributed by atoms with E-state index in [1.165, 1.54) is 0 Å². The molecule has 1 N–H and O–H groups in total. The van der Waals surface area contributed by atoms with Crippen molar-refractivity contribution in [3.05, 3.63) is 60.2 Å². The van der Waals surface area contributed by atoms with E-state index in [1.807, 2.05) is 55.5 Å². The van der Waals surface area contributed by atoms with Crippen molar-refractivity contribution in [3.8, 4) is 11.3 Å². The summed E-state index contributed by atoms with van der Waals surface area (Å²) in [6.45, 7) is 2.34. The predicted molar refractivity (Wildman–Crippen MR) is 85.4 cm³/mol. The molecule has 0 bridgehead atoms. The molecule has 0 amide bonds. The topological polar surface area (TPSA) is 51.3 Å². The number of carbonyl (C=O) groups is 1. The fourth-order valence-electron chi connectivity index (χ4n) is 2.34. The second kappa shape index (κ2) is 6.45. The Hall–Kier alpha value is -2.59. The van der Waals surface area contributed by atoms with Crippen molar-refractivity contribution in [1.29, 1.82) is 0 Å². The van der Waals surface area contributed by atoms with Crippen molar-refractivity contribution >= 4 is 16.9 Å². The SMILES string of the molecule is CCCOOC(=O)c1ccccc1-c1cc2ccccc2[nH]1. The number of para-hydroxylation sites is 1. The van der Waals surface area contributed by atoms with Crippen LogP contribution >= 0.6 is 0 Å². The first-order chi connectivity index (χ1) is 10.8. The number of rotatable bonds is 5. The maximum absolute atomic E-state index is 12.2. The van der Waals surface area contributed by atoms with E-state index in [2.05, 4.69) is 4.98 Å². The van der Waals surface area contributed by atoms with Crippen molar-refractivity contribution < 1.29 is 14.6 Å². The predicted octanol–water partition coefficient (Wildman–Crippen LogP) is 4.33. The summed E-state index contributed by atoms with van der Waals surface area (Å²) in [5, 5.41) is 1.10. The van der Waals surface area contributed by atoms with Crippen LogP contribution in [0.25, 0.3) is 22.2 Å². The smallest absolute Gasteiger partial charge is 0.355 e. The van der Waals surface area contributed by atoms with Gasteiger partial charge in [-0.1, -0.05) is 43.3 Å². The molecule has 1 heterocycles. The van der Waals surface area contributed by atoms with Crippen LogP contribution in [0.5, 0.6) is 0 Å². The van der Waals surface area contributed by atoms with Crippen LogP contribution < -0.4 is 0 Å². The molecule has 0 spiro atoms. The van der Waals surface area contributed by atoms with Gasteiger partial charge < -0.3 is 4.98 Å². The highest BCUT2D eigenvalue weighted by atomic mass is 17.2. The van der Waals surface area contributed by atoms with E-state index in [-0.39, 0.29) is 0 Å². The minimum atomic E-state index is -0.484. The van der Waals surface area contributed by atoms with Gasteiger partial charge in [-0.05, 0) is 24.6 Å². The lowest BCUT2D eigenvalue weighted by Gasteiger charge is -2.07. The average Bonchev–Trinajstić information content (AvgIpc) is 2.99. The number of nitrogens with one attached hydrogen (secondary N) is 1. The standard InChI is InChI=1S/C18H17NO3/c1-2-11-21-22-18(20)15-9-5-4-8-14(15)17-12-13-7-3-6-10-16(13)19-17/h3-10,12,19H,2,11H2,1H3. The lowest BCUT2D eigenvalue weighted by molar-refractivity contribution is -0.240. The molecule has 22 heavy (non-hydrogen) atoms. The molecule has 4 heteroatoms. The number of benzene rings is 2. The summed E-state index contributed by atoms with van der Waals surface area (Å²) in [4.78, 5) is 25.2. The summed E-state index contributed by atoms with van der Waals surface area (Å²) < 4.78 is 0. The number of aromatic nitrogens is 1. The third kappa shape index (κ3) is 2.87. The summed E-state index contributed by atoms with van der Waals surface area (Å²) in [5.41, 5.74) is 3.18. The molecule has 0 saturated carbocycles. The molecule has 0 unspecified atom stereocenters. The highest BCUT2D eigenvalue weighted by Gasteiger charge is 2.16. The van der Waals surface area contributed by atoms with Gasteiger partial charge in [-0.25, -0.2) is 4.79 Å². The van der Waals surface area contributed by atoms with Crippen molar-refractivity contribution in [2.45, 2.75) is 13.3 Å². The van der Waals surface area contributed by atoms with Gasteiger partial charge in [0.25, 0.3) is 0 Å². The van der Waals surface area contributed by atoms with Crippen molar-refractivity contribution in [3.63, 3.8) is 0 Å². The largest absolute Gasteiger partial charge is 0.373 e. The Morgan fingerprint density at radius 1 is 1.09 bits per heavy atom. The molecule has 0 saturated heterocycles. The van der Waals surface area contributed by atoms with Crippen molar-refractivity contribution in [2.75, 3.05) is 6.61 Å². The first kappa shape index (κ1) is 14.4. The Balaban J connectivity index is 1.95. The van der Waals surface area contributed by atoms with Crippen LogP contribution in [-0.2, 0) is 9.78 Å². The number of H-pyrrole nitrogens is 1. The van der Waals surface area contributed by atoms with Gasteiger partial charge in [0, 0.05) is 22.2 Å². The molecule has 112 valence electrons. The van der Waals surface area contributed by atoms with Crippen LogP contribution in [0.2, 0.25) is 0 Å². The molecule has 0 fully saturated rings. The third-order valence-electron chi connectivity index (χ3n) is 3.39. The van der Waals surface area contributed by atoms with Crippen molar-refractivity contribution in [2.24, 2.45) is 0 Å². The zero-order valence-electron chi connectivity index (χ0n) is 12.3. The first-order valence-corrected chi connectivity index (χ1v) is 7.30. The molecule has 0 aliphatic carbocycles. The molecule has 0 radical (unpaired) electrons. The number of aromatic amines is 1. The van der Waals surface area contributed by atoms with Gasteiger partial charge in [-0.15, -0.1) is 0 Å². The van der Waals surface area contributed by atoms with Gasteiger partial charge in [0.2, 0.25) is 0 Å². The summed E-state index contributed by atoms with van der Waals surface area (Å²) in [5.74, 6) is -0.484. The number of fused-ring (bicyclic) bond motifs is 1. The Kier molecular flexibility index (Phi) is 4.21. The Labute approximate surface area is 128 Å². The van der Waals surface area contributed by atoms with Gasteiger partial charge in [0.15, 0.2) is 0 Å². The zero-order valence-corrected chi connectivity index (χ0v) is 12.3. The molecule has 3 rings (SSSR count). The fraction of sp³-hybridized carbons (Fsp3) is 0.167. The molecular formula is C18H17NO3. The summed E-state index contributed by atoms with van der Waals surface area (Å²) in [6, 6.07) is 17.3. The fourth-order valence-corrected chi connectivity index (χ4v) is 2.34. The van der Waals surface area contributed by atoms with Crippen molar-refractivity contribution in [1.82, 2.24) is 4.98 Å². The van der Waals surface area contributed by atoms with Gasteiger partial charge in [0.05, 0.1) is 12.2 Å². The first-order valence-electron chi connectivity index (χ1n) is 7.30. The summed E-state index contributed by atoms with van der Waals surface area (Å²) >= 11 is 0. The quantitative estimate of drug-likeness (QED) is 0.433. The van der Waals surface area contributed by atoms with E-state index in [0.29, 0.717) is 12.2 Å². The van der Waals surface area contributed by atoms with Crippen LogP contribution in [0.1, 0.15) is 23.7 Å². The second-order valence-corrected chi connectivity index (χ2v) is 5.01. The van der Waals surface area contributed by atoms with Crippen LogP contribution in [0, 0.1) is 0 Å². The van der Waals surface area contributed by atoms with Gasteiger partial charge >= 0.3 is 5.97 Å². The highest BCUT2D eigenvalue weighted by molar-refractivity contribution is 5.98. The van der Waals surface area contributed by atoms with Crippen LogP contribution in [-0.4, -0.2) is 17.6 Å². The van der Waals surface area contributed by atoms with Crippen LogP contribution in [0.4, 0.5) is 0 Å². The minimum absolute atomic E-state index is 0.389. The number of hydrogen-bond acceptors (Lipinski definition) is 3. The molecular weight excluding hydrogens is 278 g/mol. The van der Waals surface area contributed by atoms with E-state index in [4.69, 9.17) is 9.78 Å². The number of hydrogen-bond donors (Lipinski definition) is 1. The maximum Gasteiger partial charge on any atom is 0.373 e. The maximum atomic E-state index is 12.2. The second-order valence-electron chi connectivity index (χ2n) is 5.01. The highest BCUT2D eigenvalue weighted by Crippen LogP contribution is 2.27. The zero-order chi connectivity index (χ0) is 15.4. The Bertz CT molecular complexity index is 759.